The van der Waals surface area contributed by atoms with Crippen molar-refractivity contribution in [2.45, 2.75) is 6.10 Å². The van der Waals surface area contributed by atoms with Crippen molar-refractivity contribution in [3.8, 4) is 0 Å². The van der Waals surface area contributed by atoms with Crippen molar-refractivity contribution in [1.29, 1.82) is 0 Å². The van der Waals surface area contributed by atoms with Gasteiger partial charge in [-0.2, -0.15) is 0 Å². The molecular formula is C8H8ClIO. The van der Waals surface area contributed by atoms with Gasteiger partial charge in [0.1, 0.15) is 0 Å². The molecule has 0 saturated heterocycles. The molecule has 0 aliphatic heterocycles. The summed E-state index contributed by atoms with van der Waals surface area (Å²) in [7, 11) is 0. The van der Waals surface area contributed by atoms with Crippen LogP contribution < -0.4 is 0 Å². The fourth-order valence-electron chi connectivity index (χ4n) is 0.774. The number of halogens is 2. The van der Waals surface area contributed by atoms with Crippen LogP contribution in [0, 0.1) is 0 Å². The Morgan fingerprint density at radius 3 is 2.36 bits per heavy atom. The van der Waals surface area contributed by atoms with Crippen molar-refractivity contribution in [3.05, 3.63) is 34.9 Å². The molecule has 1 rings (SSSR count). The Morgan fingerprint density at radius 2 is 1.91 bits per heavy atom. The van der Waals surface area contributed by atoms with Crippen LogP contribution in [0.4, 0.5) is 0 Å². The van der Waals surface area contributed by atoms with Crippen LogP contribution in [-0.4, -0.2) is 9.53 Å². The van der Waals surface area contributed by atoms with Crippen LogP contribution in [0.5, 0.6) is 0 Å². The second kappa shape index (κ2) is 4.28. The highest BCUT2D eigenvalue weighted by molar-refractivity contribution is 14.1. The Balaban J connectivity index is 2.81. The van der Waals surface area contributed by atoms with Gasteiger partial charge in [0.25, 0.3) is 0 Å². The van der Waals surface area contributed by atoms with Crippen molar-refractivity contribution >= 4 is 34.2 Å². The first-order valence-electron chi connectivity index (χ1n) is 3.23. The van der Waals surface area contributed by atoms with E-state index in [1.54, 1.807) is 12.1 Å². The highest BCUT2D eigenvalue weighted by Crippen LogP contribution is 2.17. The van der Waals surface area contributed by atoms with Crippen molar-refractivity contribution in [3.63, 3.8) is 0 Å². The predicted octanol–water partition coefficient (Wildman–Crippen LogP) is 2.81. The molecule has 11 heavy (non-hydrogen) atoms. The van der Waals surface area contributed by atoms with Crippen molar-refractivity contribution in [1.82, 2.24) is 0 Å². The van der Waals surface area contributed by atoms with E-state index in [1.165, 1.54) is 0 Å². The maximum atomic E-state index is 9.37. The number of alkyl halides is 1. The summed E-state index contributed by atoms with van der Waals surface area (Å²) in [6, 6.07) is 7.25. The molecule has 0 amide bonds. The molecule has 0 unspecified atom stereocenters. The molecule has 1 aromatic rings. The highest BCUT2D eigenvalue weighted by Gasteiger charge is 2.03. The second-order valence-corrected chi connectivity index (χ2v) is 3.54. The molecule has 0 bridgehead atoms. The lowest BCUT2D eigenvalue weighted by Gasteiger charge is -2.05. The first kappa shape index (κ1) is 9.29. The zero-order chi connectivity index (χ0) is 8.27. The average Bonchev–Trinajstić information content (AvgIpc) is 2.05. The maximum Gasteiger partial charge on any atom is 0.0879 e. The highest BCUT2D eigenvalue weighted by atomic mass is 127. The third-order valence-corrected chi connectivity index (χ3v) is 2.49. The second-order valence-electron chi connectivity index (χ2n) is 2.22. The number of hydrogen-bond donors (Lipinski definition) is 1. The summed E-state index contributed by atoms with van der Waals surface area (Å²) in [5.41, 5.74) is 0.920. The summed E-state index contributed by atoms with van der Waals surface area (Å²) in [5.74, 6) is 0. The molecule has 0 spiro atoms. The molecule has 1 nitrogen and oxygen atoms in total. The molecule has 0 radical (unpaired) electrons. The largest absolute Gasteiger partial charge is 0.388 e. The number of aliphatic hydroxyl groups excluding tert-OH is 1. The summed E-state index contributed by atoms with van der Waals surface area (Å²) >= 11 is 7.82. The Kier molecular flexibility index (Phi) is 3.62. The summed E-state index contributed by atoms with van der Waals surface area (Å²) in [6.45, 7) is 0. The monoisotopic (exact) mass is 282 g/mol. The molecule has 1 aromatic carbocycles. The first-order valence-corrected chi connectivity index (χ1v) is 5.14. The van der Waals surface area contributed by atoms with Gasteiger partial charge in [0.15, 0.2) is 0 Å². The molecule has 0 fully saturated rings. The molecule has 60 valence electrons. The molecule has 0 saturated carbocycles. The molecule has 0 aliphatic carbocycles. The number of aliphatic hydroxyl groups is 1. The zero-order valence-electron chi connectivity index (χ0n) is 5.80. The quantitative estimate of drug-likeness (QED) is 0.653. The van der Waals surface area contributed by atoms with E-state index in [-0.39, 0.29) is 6.10 Å². The summed E-state index contributed by atoms with van der Waals surface area (Å²) in [6.07, 6.45) is -0.368. The van der Waals surface area contributed by atoms with E-state index >= 15 is 0 Å². The van der Waals surface area contributed by atoms with Gasteiger partial charge in [-0.05, 0) is 17.7 Å². The maximum absolute atomic E-state index is 9.37. The van der Waals surface area contributed by atoms with Gasteiger partial charge in [-0.1, -0.05) is 46.3 Å². The van der Waals surface area contributed by atoms with Crippen LogP contribution in [0.1, 0.15) is 11.7 Å². The van der Waals surface area contributed by atoms with Gasteiger partial charge >= 0.3 is 0 Å². The SMILES string of the molecule is O[C@@H](CI)c1ccc(Cl)cc1. The lowest BCUT2D eigenvalue weighted by atomic mass is 10.1. The molecule has 1 atom stereocenters. The molecule has 3 heteroatoms. The van der Waals surface area contributed by atoms with Gasteiger partial charge in [-0.25, -0.2) is 0 Å². The van der Waals surface area contributed by atoms with Crippen molar-refractivity contribution in [2.24, 2.45) is 0 Å². The van der Waals surface area contributed by atoms with Crippen LogP contribution in [0.3, 0.4) is 0 Å². The molecule has 0 heterocycles. The lowest BCUT2D eigenvalue weighted by molar-refractivity contribution is 0.207. The first-order chi connectivity index (χ1) is 5.24. The Labute approximate surface area is 84.5 Å². The third kappa shape index (κ3) is 2.61. The van der Waals surface area contributed by atoms with Gasteiger partial charge in [-0.15, -0.1) is 0 Å². The molecule has 0 aliphatic rings. The summed E-state index contributed by atoms with van der Waals surface area (Å²) in [4.78, 5) is 0. The smallest absolute Gasteiger partial charge is 0.0879 e. The van der Waals surface area contributed by atoms with Crippen molar-refractivity contribution < 1.29 is 5.11 Å². The summed E-state index contributed by atoms with van der Waals surface area (Å²) in [5, 5.41) is 10.1. The Morgan fingerprint density at radius 1 is 1.36 bits per heavy atom. The van der Waals surface area contributed by atoms with E-state index in [9.17, 15) is 5.11 Å². The third-order valence-electron chi connectivity index (χ3n) is 1.40. The molecule has 1 N–H and O–H groups in total. The van der Waals surface area contributed by atoms with Crippen LogP contribution in [0.25, 0.3) is 0 Å². The minimum absolute atomic E-state index is 0.368. The minimum Gasteiger partial charge on any atom is -0.388 e. The van der Waals surface area contributed by atoms with Crippen LogP contribution in [0.15, 0.2) is 24.3 Å². The standard InChI is InChI=1S/C8H8ClIO/c9-7-3-1-6(2-4-7)8(11)5-10/h1-4,8,11H,5H2/t8-/m0/s1. The van der Waals surface area contributed by atoms with Gasteiger partial charge in [-0.3, -0.25) is 0 Å². The van der Waals surface area contributed by atoms with Crippen LogP contribution in [-0.2, 0) is 0 Å². The molecular weight excluding hydrogens is 274 g/mol. The number of benzene rings is 1. The van der Waals surface area contributed by atoms with E-state index in [2.05, 4.69) is 22.6 Å². The number of rotatable bonds is 2. The molecule has 0 aromatic heterocycles. The zero-order valence-corrected chi connectivity index (χ0v) is 8.71. The Hall–Kier alpha value is 0.200. The minimum atomic E-state index is -0.368. The fourth-order valence-corrected chi connectivity index (χ4v) is 1.41. The van der Waals surface area contributed by atoms with E-state index in [1.807, 2.05) is 12.1 Å². The fraction of sp³-hybridized carbons (Fsp3) is 0.250. The lowest BCUT2D eigenvalue weighted by Crippen LogP contribution is -1.96. The Bertz CT molecular complexity index is 222. The normalized spacial score (nSPS) is 13.0. The van der Waals surface area contributed by atoms with Gasteiger partial charge < -0.3 is 5.11 Å². The van der Waals surface area contributed by atoms with Gasteiger partial charge in [0, 0.05) is 9.45 Å². The van der Waals surface area contributed by atoms with E-state index < -0.39 is 0 Å². The van der Waals surface area contributed by atoms with Crippen LogP contribution in [0.2, 0.25) is 5.02 Å². The topological polar surface area (TPSA) is 20.2 Å². The summed E-state index contributed by atoms with van der Waals surface area (Å²) < 4.78 is 0.708. The number of hydrogen-bond acceptors (Lipinski definition) is 1. The average molecular weight is 283 g/mol. The van der Waals surface area contributed by atoms with E-state index in [0.29, 0.717) is 9.45 Å². The van der Waals surface area contributed by atoms with Crippen LogP contribution >= 0.6 is 34.2 Å². The van der Waals surface area contributed by atoms with Crippen molar-refractivity contribution in [2.75, 3.05) is 4.43 Å². The van der Waals surface area contributed by atoms with Gasteiger partial charge in [0.2, 0.25) is 0 Å². The predicted molar refractivity (Wildman–Crippen MR) is 55.3 cm³/mol. The van der Waals surface area contributed by atoms with Gasteiger partial charge in [0.05, 0.1) is 6.10 Å². The van der Waals surface area contributed by atoms with E-state index in [0.717, 1.165) is 5.56 Å². The van der Waals surface area contributed by atoms with E-state index in [4.69, 9.17) is 11.6 Å².